The predicted molar refractivity (Wildman–Crippen MR) is 74.9 cm³/mol. The first-order chi connectivity index (χ1) is 11.6. The summed E-state index contributed by atoms with van der Waals surface area (Å²) < 4.78 is 122. The number of hydrogen-bond donors (Lipinski definition) is 0. The molecule has 0 unspecified atom stereocenters. The molecule has 0 aromatic heterocycles. The lowest BCUT2D eigenvalue weighted by Gasteiger charge is -2.33. The fourth-order valence-electron chi connectivity index (χ4n) is 2.50. The van der Waals surface area contributed by atoms with Crippen LogP contribution < -0.4 is 0 Å². The van der Waals surface area contributed by atoms with E-state index in [1.165, 1.54) is 7.05 Å². The average molecular weight is 404 g/mol. The lowest BCUT2D eigenvalue weighted by atomic mass is 10.0. The van der Waals surface area contributed by atoms with Gasteiger partial charge < -0.3 is 4.74 Å². The van der Waals surface area contributed by atoms with Gasteiger partial charge in [0.2, 0.25) is 0 Å². The van der Waals surface area contributed by atoms with Crippen LogP contribution in [-0.4, -0.2) is 86.7 Å². The second kappa shape index (κ2) is 8.51. The summed E-state index contributed by atoms with van der Waals surface area (Å²) in [5.41, 5.74) is 0. The molecular weight excluding hydrogens is 383 g/mol. The maximum absolute atomic E-state index is 13.7. The Morgan fingerprint density at radius 1 is 0.846 bits per heavy atom. The fraction of sp³-hybridized carbons (Fsp3) is 1.00. The molecule has 0 saturated carbocycles. The summed E-state index contributed by atoms with van der Waals surface area (Å²) in [6.07, 6.45) is -11.4. The monoisotopic (exact) mass is 404 g/mol. The number of halogens is 9. The fourth-order valence-corrected chi connectivity index (χ4v) is 2.50. The average Bonchev–Trinajstić information content (AvgIpc) is 2.41. The molecule has 0 N–H and O–H groups in total. The quantitative estimate of drug-likeness (QED) is 0.548. The Bertz CT molecular complexity index is 437. The Kier molecular flexibility index (Phi) is 7.62. The van der Waals surface area contributed by atoms with Gasteiger partial charge in [0, 0.05) is 26.2 Å². The van der Waals surface area contributed by atoms with Crippen molar-refractivity contribution in [1.29, 1.82) is 0 Å². The van der Waals surface area contributed by atoms with Crippen molar-refractivity contribution in [2.24, 2.45) is 0 Å². The van der Waals surface area contributed by atoms with Gasteiger partial charge in [-0.1, -0.05) is 0 Å². The molecule has 0 atom stereocenters. The normalized spacial score (nSPS) is 18.6. The summed E-state index contributed by atoms with van der Waals surface area (Å²) in [7, 11) is 1.19. The summed E-state index contributed by atoms with van der Waals surface area (Å²) in [6.45, 7) is 1.23. The molecule has 12 heteroatoms. The lowest BCUT2D eigenvalue weighted by molar-refractivity contribution is -0.280. The van der Waals surface area contributed by atoms with Crippen LogP contribution in [0.15, 0.2) is 0 Å². The molecule has 1 fully saturated rings. The van der Waals surface area contributed by atoms with Gasteiger partial charge in [-0.3, -0.25) is 9.80 Å². The first-order valence-electron chi connectivity index (χ1n) is 7.82. The molecule has 1 aliphatic rings. The molecule has 1 aliphatic heterocycles. The second-order valence-corrected chi connectivity index (χ2v) is 6.43. The van der Waals surface area contributed by atoms with Gasteiger partial charge in [0.15, 0.2) is 0 Å². The molecule has 0 aliphatic carbocycles. The topological polar surface area (TPSA) is 15.7 Å². The zero-order valence-electron chi connectivity index (χ0n) is 14.1. The highest BCUT2D eigenvalue weighted by atomic mass is 19.4. The molecule has 1 saturated heterocycles. The molecule has 0 aromatic carbocycles. The Balaban J connectivity index is 2.56. The van der Waals surface area contributed by atoms with E-state index in [0.717, 1.165) is 4.90 Å². The van der Waals surface area contributed by atoms with Crippen molar-refractivity contribution >= 4 is 0 Å². The van der Waals surface area contributed by atoms with Crippen molar-refractivity contribution in [2.75, 3.05) is 53.0 Å². The van der Waals surface area contributed by atoms with Gasteiger partial charge in [0.1, 0.15) is 6.42 Å². The van der Waals surface area contributed by atoms with Gasteiger partial charge in [0.05, 0.1) is 26.2 Å². The molecule has 0 bridgehead atoms. The van der Waals surface area contributed by atoms with Crippen LogP contribution >= 0.6 is 0 Å². The molecule has 0 amide bonds. The summed E-state index contributed by atoms with van der Waals surface area (Å²) in [5, 5.41) is 0. The van der Waals surface area contributed by atoms with E-state index in [1.54, 1.807) is 0 Å². The van der Waals surface area contributed by atoms with Crippen LogP contribution in [0.4, 0.5) is 39.5 Å². The number of rotatable bonds is 9. The van der Waals surface area contributed by atoms with E-state index >= 15 is 0 Å². The standard InChI is InChI=1S/C14H21F9N2O/c1-24(2-3-25-4-6-26-7-5-25)10-11(15,16)8-12(17,18)13(19,20)9-14(21,22)23/h2-10H2,1H3. The largest absolute Gasteiger partial charge is 0.395 e. The number of ether oxygens (including phenoxy) is 1. The molecule has 0 spiro atoms. The van der Waals surface area contributed by atoms with E-state index < -0.39 is 43.3 Å². The lowest BCUT2D eigenvalue weighted by Crippen LogP contribution is -2.50. The maximum atomic E-state index is 13.7. The maximum Gasteiger partial charge on any atom is 0.395 e. The third-order valence-corrected chi connectivity index (χ3v) is 3.84. The van der Waals surface area contributed by atoms with Crippen molar-refractivity contribution in [3.63, 3.8) is 0 Å². The Morgan fingerprint density at radius 3 is 1.85 bits per heavy atom. The minimum atomic E-state index is -5.61. The first-order valence-corrected chi connectivity index (χ1v) is 7.82. The number of likely N-dealkylation sites (N-methyl/N-ethyl adjacent to an activating group) is 1. The van der Waals surface area contributed by atoms with E-state index in [2.05, 4.69) is 0 Å². The number of alkyl halides is 9. The third-order valence-electron chi connectivity index (χ3n) is 3.84. The highest BCUT2D eigenvalue weighted by Crippen LogP contribution is 2.47. The molecule has 0 radical (unpaired) electrons. The highest BCUT2D eigenvalue weighted by molar-refractivity contribution is 4.91. The van der Waals surface area contributed by atoms with Gasteiger partial charge in [-0.25, -0.2) is 8.78 Å². The van der Waals surface area contributed by atoms with Crippen LogP contribution in [0.1, 0.15) is 12.8 Å². The van der Waals surface area contributed by atoms with Gasteiger partial charge in [-0.2, -0.15) is 30.7 Å². The number of nitrogens with zero attached hydrogens (tertiary/aromatic N) is 2. The Labute approximate surface area is 145 Å². The second-order valence-electron chi connectivity index (χ2n) is 6.43. The molecule has 3 nitrogen and oxygen atoms in total. The summed E-state index contributed by atoms with van der Waals surface area (Å²) in [5.74, 6) is -15.4. The van der Waals surface area contributed by atoms with Crippen molar-refractivity contribution in [1.82, 2.24) is 9.80 Å². The van der Waals surface area contributed by atoms with Gasteiger partial charge in [-0.15, -0.1) is 0 Å². The molecule has 1 rings (SSSR count). The van der Waals surface area contributed by atoms with E-state index in [9.17, 15) is 39.5 Å². The summed E-state index contributed by atoms with van der Waals surface area (Å²) >= 11 is 0. The van der Waals surface area contributed by atoms with Crippen LogP contribution in [0.3, 0.4) is 0 Å². The summed E-state index contributed by atoms with van der Waals surface area (Å²) in [4.78, 5) is 2.87. The molecule has 26 heavy (non-hydrogen) atoms. The summed E-state index contributed by atoms with van der Waals surface area (Å²) in [6, 6.07) is 0. The number of hydrogen-bond acceptors (Lipinski definition) is 3. The van der Waals surface area contributed by atoms with Crippen LogP contribution in [0, 0.1) is 0 Å². The van der Waals surface area contributed by atoms with Crippen molar-refractivity contribution in [2.45, 2.75) is 36.8 Å². The van der Waals surface area contributed by atoms with Gasteiger partial charge in [-0.05, 0) is 7.05 Å². The Morgan fingerprint density at radius 2 is 1.35 bits per heavy atom. The minimum Gasteiger partial charge on any atom is -0.379 e. The first kappa shape index (κ1) is 23.3. The Hall–Kier alpha value is -0.750. The van der Waals surface area contributed by atoms with Crippen LogP contribution in [0.25, 0.3) is 0 Å². The third kappa shape index (κ3) is 7.87. The van der Waals surface area contributed by atoms with Crippen molar-refractivity contribution < 1.29 is 44.3 Å². The van der Waals surface area contributed by atoms with Crippen molar-refractivity contribution in [3.05, 3.63) is 0 Å². The minimum absolute atomic E-state index is 0.0557. The van der Waals surface area contributed by atoms with Gasteiger partial charge in [0.25, 0.3) is 5.92 Å². The van der Waals surface area contributed by atoms with Crippen LogP contribution in [-0.2, 0) is 4.74 Å². The molecule has 0 aromatic rings. The zero-order valence-corrected chi connectivity index (χ0v) is 14.1. The van der Waals surface area contributed by atoms with E-state index in [4.69, 9.17) is 4.74 Å². The van der Waals surface area contributed by atoms with E-state index in [-0.39, 0.29) is 6.54 Å². The zero-order chi connectivity index (χ0) is 20.2. The highest BCUT2D eigenvalue weighted by Gasteiger charge is 2.63. The smallest absolute Gasteiger partial charge is 0.379 e. The predicted octanol–water partition coefficient (Wildman–Crippen LogP) is 3.50. The van der Waals surface area contributed by atoms with E-state index in [0.29, 0.717) is 32.8 Å². The van der Waals surface area contributed by atoms with Gasteiger partial charge >= 0.3 is 18.0 Å². The number of morpholine rings is 1. The molecular formula is C14H21F9N2O. The van der Waals surface area contributed by atoms with Crippen LogP contribution in [0.2, 0.25) is 0 Å². The molecule has 1 heterocycles. The molecule has 156 valence electrons. The SMILES string of the molecule is CN(CCN1CCOCC1)CC(F)(F)CC(F)(F)C(F)(F)CC(F)(F)F. The van der Waals surface area contributed by atoms with Crippen molar-refractivity contribution in [3.8, 4) is 0 Å². The van der Waals surface area contributed by atoms with E-state index in [1.807, 2.05) is 4.90 Å². The van der Waals surface area contributed by atoms with Crippen LogP contribution in [0.5, 0.6) is 0 Å².